The monoisotopic (exact) mass is 546 g/mol. The maximum absolute atomic E-state index is 14.1. The Kier molecular flexibility index (Phi) is 7.05. The number of rotatable bonds is 7. The second-order valence-corrected chi connectivity index (χ2v) is 11.4. The van der Waals surface area contributed by atoms with Crippen molar-refractivity contribution in [3.05, 3.63) is 95.2 Å². The van der Waals surface area contributed by atoms with E-state index < -0.39 is 21.5 Å². The fourth-order valence-corrected chi connectivity index (χ4v) is 6.38. The van der Waals surface area contributed by atoms with Gasteiger partial charge in [-0.05, 0) is 74.4 Å². The zero-order chi connectivity index (χ0) is 27.8. The number of aromatic nitrogens is 1. The van der Waals surface area contributed by atoms with Crippen LogP contribution >= 0.6 is 0 Å². The number of ether oxygens (including phenoxy) is 3. The number of nitrogens with zero attached hydrogens (tertiary/aromatic N) is 1. The zero-order valence-electron chi connectivity index (χ0n) is 22.2. The van der Waals surface area contributed by atoms with Crippen LogP contribution in [0.1, 0.15) is 34.7 Å². The van der Waals surface area contributed by atoms with Gasteiger partial charge in [-0.2, -0.15) is 0 Å². The molecule has 1 aliphatic rings. The van der Waals surface area contributed by atoms with Gasteiger partial charge in [-0.15, -0.1) is 0 Å². The number of fused-ring (bicyclic) bond motifs is 1. The Hall–Kier alpha value is -3.95. The normalized spacial score (nSPS) is 19.1. The van der Waals surface area contributed by atoms with E-state index in [0.29, 0.717) is 28.0 Å². The van der Waals surface area contributed by atoms with Crippen molar-refractivity contribution in [1.82, 2.24) is 9.71 Å². The Morgan fingerprint density at radius 1 is 1.00 bits per heavy atom. The minimum absolute atomic E-state index is 0.0328. The fraction of sp³-hybridized carbons (Fsp3) is 0.267. The fourth-order valence-electron chi connectivity index (χ4n) is 5.15. The first-order valence-corrected chi connectivity index (χ1v) is 14.0. The topological polar surface area (TPSA) is 104 Å². The molecule has 2 atom stereocenters. The number of hydrogen-bond donors (Lipinski definition) is 1. The molecule has 1 aliphatic heterocycles. The Morgan fingerprint density at radius 3 is 2.56 bits per heavy atom. The highest BCUT2D eigenvalue weighted by molar-refractivity contribution is 7.90. The average molecular weight is 547 g/mol. The number of methoxy groups -OCH3 is 2. The Morgan fingerprint density at radius 2 is 1.79 bits per heavy atom. The predicted octanol–water partition coefficient (Wildman–Crippen LogP) is 4.77. The smallest absolute Gasteiger partial charge is 0.270 e. The highest BCUT2D eigenvalue weighted by Gasteiger charge is 2.51. The molecule has 0 aliphatic carbocycles. The highest BCUT2D eigenvalue weighted by atomic mass is 32.2. The molecular formula is C30H30N2O6S. The summed E-state index contributed by atoms with van der Waals surface area (Å²) in [5, 5.41) is 0.423. The molecule has 1 amide bonds. The van der Waals surface area contributed by atoms with Gasteiger partial charge in [0, 0.05) is 22.6 Å². The summed E-state index contributed by atoms with van der Waals surface area (Å²) in [6.07, 6.45) is 0.206. The van der Waals surface area contributed by atoms with Gasteiger partial charge in [0.15, 0.2) is 5.60 Å². The molecule has 0 unspecified atom stereocenters. The standard InChI is InChI=1S/C30H30N2O6S/c1-19-11-14-27(37-4)25(15-19)30(17-22(18-38-30)21-7-5-8-23(16-21)36-3)29(33)32-39(34,35)28-10-6-9-26-24(28)13-12-20(2)31-26/h5-16,22H,17-18H2,1-4H3,(H,32,33)/t22-,30+/m0/s1. The summed E-state index contributed by atoms with van der Waals surface area (Å²) in [7, 11) is -1.18. The second kappa shape index (κ2) is 10.3. The van der Waals surface area contributed by atoms with E-state index >= 15 is 0 Å². The lowest BCUT2D eigenvalue weighted by molar-refractivity contribution is -0.140. The molecule has 4 aromatic rings. The van der Waals surface area contributed by atoms with E-state index in [1.165, 1.54) is 13.2 Å². The van der Waals surface area contributed by atoms with Crippen LogP contribution in [-0.2, 0) is 25.2 Å². The van der Waals surface area contributed by atoms with Crippen molar-refractivity contribution >= 4 is 26.8 Å². The minimum atomic E-state index is -4.29. The highest BCUT2D eigenvalue weighted by Crippen LogP contribution is 2.47. The summed E-state index contributed by atoms with van der Waals surface area (Å²) in [5.41, 5.74) is 1.94. The van der Waals surface area contributed by atoms with Gasteiger partial charge in [0.1, 0.15) is 11.5 Å². The molecule has 1 fully saturated rings. The van der Waals surface area contributed by atoms with Crippen molar-refractivity contribution in [3.8, 4) is 11.5 Å². The molecule has 3 aromatic carbocycles. The number of carbonyl (C=O) groups excluding carboxylic acids is 1. The van der Waals surface area contributed by atoms with Crippen LogP contribution in [0.25, 0.3) is 10.9 Å². The van der Waals surface area contributed by atoms with Crippen molar-refractivity contribution < 1.29 is 27.4 Å². The SMILES string of the molecule is COc1cccc([C@@H]2CO[C@@](C(=O)NS(=O)(=O)c3cccc4nc(C)ccc34)(c3cc(C)ccc3OC)C2)c1. The zero-order valence-corrected chi connectivity index (χ0v) is 23.0. The summed E-state index contributed by atoms with van der Waals surface area (Å²) >= 11 is 0. The summed E-state index contributed by atoms with van der Waals surface area (Å²) in [6.45, 7) is 3.93. The summed E-state index contributed by atoms with van der Waals surface area (Å²) in [4.78, 5) is 18.5. The van der Waals surface area contributed by atoms with Gasteiger partial charge in [0.05, 0.1) is 31.2 Å². The molecule has 1 aromatic heterocycles. The Labute approximate surface area is 228 Å². The number of hydrogen-bond acceptors (Lipinski definition) is 7. The largest absolute Gasteiger partial charge is 0.497 e. The van der Waals surface area contributed by atoms with Gasteiger partial charge in [-0.25, -0.2) is 13.1 Å². The summed E-state index contributed by atoms with van der Waals surface area (Å²) in [5.74, 6) is 0.145. The first-order valence-electron chi connectivity index (χ1n) is 12.5. The third-order valence-corrected chi connectivity index (χ3v) is 8.52. The molecule has 39 heavy (non-hydrogen) atoms. The van der Waals surface area contributed by atoms with E-state index in [0.717, 1.165) is 16.8 Å². The lowest BCUT2D eigenvalue weighted by Gasteiger charge is -2.29. The second-order valence-electron chi connectivity index (χ2n) is 9.73. The Balaban J connectivity index is 1.58. The van der Waals surface area contributed by atoms with Crippen LogP contribution in [0.2, 0.25) is 0 Å². The van der Waals surface area contributed by atoms with Crippen LogP contribution < -0.4 is 14.2 Å². The van der Waals surface area contributed by atoms with Crippen LogP contribution in [0.4, 0.5) is 0 Å². The molecule has 0 bridgehead atoms. The predicted molar refractivity (Wildman–Crippen MR) is 148 cm³/mol. The number of sulfonamides is 1. The van der Waals surface area contributed by atoms with Gasteiger partial charge < -0.3 is 14.2 Å². The molecule has 0 spiro atoms. The molecule has 1 N–H and O–H groups in total. The van der Waals surface area contributed by atoms with Crippen LogP contribution in [0.5, 0.6) is 11.5 Å². The van der Waals surface area contributed by atoms with E-state index in [1.807, 2.05) is 50.2 Å². The van der Waals surface area contributed by atoms with E-state index in [1.54, 1.807) is 37.4 Å². The molecule has 8 nitrogen and oxygen atoms in total. The van der Waals surface area contributed by atoms with Crippen LogP contribution in [0, 0.1) is 13.8 Å². The lowest BCUT2D eigenvalue weighted by atomic mass is 9.83. The third kappa shape index (κ3) is 4.95. The van der Waals surface area contributed by atoms with Crippen LogP contribution in [0.15, 0.2) is 77.7 Å². The third-order valence-electron chi connectivity index (χ3n) is 7.13. The number of carbonyl (C=O) groups is 1. The van der Waals surface area contributed by atoms with Gasteiger partial charge >= 0.3 is 0 Å². The van der Waals surface area contributed by atoms with E-state index in [-0.39, 0.29) is 23.8 Å². The van der Waals surface area contributed by atoms with E-state index in [9.17, 15) is 13.2 Å². The van der Waals surface area contributed by atoms with Gasteiger partial charge in [-0.3, -0.25) is 9.78 Å². The van der Waals surface area contributed by atoms with Gasteiger partial charge in [-0.1, -0.05) is 29.8 Å². The quantitative estimate of drug-likeness (QED) is 0.356. The van der Waals surface area contributed by atoms with Gasteiger partial charge in [0.2, 0.25) is 0 Å². The van der Waals surface area contributed by atoms with Crippen molar-refractivity contribution in [2.24, 2.45) is 0 Å². The van der Waals surface area contributed by atoms with Crippen molar-refractivity contribution in [3.63, 3.8) is 0 Å². The molecule has 1 saturated heterocycles. The summed E-state index contributed by atoms with van der Waals surface area (Å²) < 4.78 is 47.0. The first-order chi connectivity index (χ1) is 18.7. The van der Waals surface area contributed by atoms with Crippen molar-refractivity contribution in [2.45, 2.75) is 36.7 Å². The molecular weight excluding hydrogens is 516 g/mol. The van der Waals surface area contributed by atoms with Crippen LogP contribution in [0.3, 0.4) is 0 Å². The lowest BCUT2D eigenvalue weighted by Crippen LogP contribution is -2.46. The molecule has 9 heteroatoms. The number of pyridine rings is 1. The maximum Gasteiger partial charge on any atom is 0.270 e. The first kappa shape index (κ1) is 26.6. The van der Waals surface area contributed by atoms with Crippen molar-refractivity contribution in [2.75, 3.05) is 20.8 Å². The number of nitrogens with one attached hydrogen (secondary N) is 1. The van der Waals surface area contributed by atoms with E-state index in [2.05, 4.69) is 9.71 Å². The maximum atomic E-state index is 14.1. The number of amides is 1. The molecule has 2 heterocycles. The Bertz CT molecular complexity index is 1670. The average Bonchev–Trinajstić information content (AvgIpc) is 3.39. The molecule has 202 valence electrons. The van der Waals surface area contributed by atoms with Gasteiger partial charge in [0.25, 0.3) is 15.9 Å². The molecule has 0 saturated carbocycles. The van der Waals surface area contributed by atoms with E-state index in [4.69, 9.17) is 14.2 Å². The number of aryl methyl sites for hydroxylation is 2. The number of benzene rings is 3. The molecule has 0 radical (unpaired) electrons. The summed E-state index contributed by atoms with van der Waals surface area (Å²) in [6, 6.07) is 21.2. The minimum Gasteiger partial charge on any atom is -0.497 e. The van der Waals surface area contributed by atoms with Crippen LogP contribution in [-0.4, -0.2) is 40.1 Å². The molecule has 5 rings (SSSR count). The van der Waals surface area contributed by atoms with Crippen molar-refractivity contribution in [1.29, 1.82) is 0 Å².